The maximum absolute atomic E-state index is 7.57. The fraction of sp³-hybridized carbons (Fsp3) is 0.105. The second-order valence-electron chi connectivity index (χ2n) is 5.16. The monoisotopic (exact) mass is 366 g/mol. The highest BCUT2D eigenvalue weighted by Crippen LogP contribution is 2.26. The van der Waals surface area contributed by atoms with Crippen LogP contribution in [0.1, 0.15) is 11.1 Å². The fourth-order valence-corrected chi connectivity index (χ4v) is 2.98. The van der Waals surface area contributed by atoms with Crippen LogP contribution >= 0.6 is 15.9 Å². The molecule has 3 rings (SSSR count). The summed E-state index contributed by atoms with van der Waals surface area (Å²) in [6.45, 7) is 0.985. The third-order valence-electron chi connectivity index (χ3n) is 3.60. The molecule has 0 aliphatic carbocycles. The smallest absolute Gasteiger partial charge is 0.120 e. The van der Waals surface area contributed by atoms with Crippen molar-refractivity contribution in [1.82, 2.24) is 4.57 Å². The van der Waals surface area contributed by atoms with Crippen molar-refractivity contribution in [3.8, 4) is 18.1 Å². The Kier molecular flexibility index (Phi) is 4.50. The first-order valence-electron chi connectivity index (χ1n) is 7.15. The predicted octanol–water partition coefficient (Wildman–Crippen LogP) is 4.61. The second-order valence-corrected chi connectivity index (χ2v) is 6.07. The molecule has 0 atom stereocenters. The van der Waals surface area contributed by atoms with Crippen molar-refractivity contribution in [3.63, 3.8) is 0 Å². The van der Waals surface area contributed by atoms with E-state index in [1.54, 1.807) is 0 Å². The summed E-state index contributed by atoms with van der Waals surface area (Å²) in [4.78, 5) is 0. The van der Waals surface area contributed by atoms with Crippen molar-refractivity contribution in [1.29, 1.82) is 5.41 Å². The average Bonchev–Trinajstić information content (AvgIpc) is 2.91. The number of halogens is 1. The van der Waals surface area contributed by atoms with Gasteiger partial charge in [0.15, 0.2) is 0 Å². The number of terminal acetylenes is 1. The number of benzene rings is 2. The molecule has 0 saturated heterocycles. The third kappa shape index (κ3) is 3.30. The molecule has 0 aliphatic rings. The van der Waals surface area contributed by atoms with Gasteiger partial charge in [-0.2, -0.15) is 0 Å². The Bertz CT molecular complexity index is 905. The number of nitrogens with one attached hydrogen (secondary N) is 1. The summed E-state index contributed by atoms with van der Waals surface area (Å²) >= 11 is 3.46. The zero-order valence-electron chi connectivity index (χ0n) is 12.4. The van der Waals surface area contributed by atoms with E-state index in [9.17, 15) is 0 Å². The van der Waals surface area contributed by atoms with Gasteiger partial charge in [-0.3, -0.25) is 0 Å². The summed E-state index contributed by atoms with van der Waals surface area (Å²) in [5.74, 6) is 3.41. The van der Waals surface area contributed by atoms with E-state index in [0.717, 1.165) is 32.3 Å². The SMILES string of the molecule is C#CCn1cc(C=N)c2cc(OCc3cccc(Br)c3)ccc21. The summed E-state index contributed by atoms with van der Waals surface area (Å²) in [7, 11) is 0. The molecule has 0 fully saturated rings. The van der Waals surface area contributed by atoms with Crippen molar-refractivity contribution in [2.45, 2.75) is 13.2 Å². The van der Waals surface area contributed by atoms with E-state index in [1.807, 2.05) is 53.2 Å². The number of fused-ring (bicyclic) bond motifs is 1. The molecule has 0 spiro atoms. The van der Waals surface area contributed by atoms with Gasteiger partial charge in [-0.1, -0.05) is 34.0 Å². The van der Waals surface area contributed by atoms with Gasteiger partial charge in [-0.15, -0.1) is 6.42 Å². The Hall–Kier alpha value is -2.51. The number of rotatable bonds is 5. The summed E-state index contributed by atoms with van der Waals surface area (Å²) in [5, 5.41) is 8.54. The summed E-state index contributed by atoms with van der Waals surface area (Å²) in [6.07, 6.45) is 8.64. The molecular weight excluding hydrogens is 352 g/mol. The molecule has 3 aromatic rings. The van der Waals surface area contributed by atoms with Gasteiger partial charge in [-0.25, -0.2) is 0 Å². The van der Waals surface area contributed by atoms with Crippen LogP contribution in [0.25, 0.3) is 10.9 Å². The zero-order chi connectivity index (χ0) is 16.2. The largest absolute Gasteiger partial charge is 0.489 e. The molecule has 0 aliphatic heterocycles. The number of ether oxygens (including phenoxy) is 1. The summed E-state index contributed by atoms with van der Waals surface area (Å²) in [5.41, 5.74) is 2.94. The van der Waals surface area contributed by atoms with Gasteiger partial charge in [-0.05, 0) is 35.9 Å². The van der Waals surface area contributed by atoms with Gasteiger partial charge in [0.25, 0.3) is 0 Å². The fourth-order valence-electron chi connectivity index (χ4n) is 2.53. The van der Waals surface area contributed by atoms with Crippen molar-refractivity contribution in [3.05, 3.63) is 64.3 Å². The van der Waals surface area contributed by atoms with Gasteiger partial charge >= 0.3 is 0 Å². The van der Waals surface area contributed by atoms with Gasteiger partial charge < -0.3 is 14.7 Å². The molecule has 3 nitrogen and oxygen atoms in total. The first kappa shape index (κ1) is 15.4. The maximum atomic E-state index is 7.57. The highest BCUT2D eigenvalue weighted by atomic mass is 79.9. The molecule has 23 heavy (non-hydrogen) atoms. The van der Waals surface area contributed by atoms with E-state index >= 15 is 0 Å². The Balaban J connectivity index is 1.88. The standard InChI is InChI=1S/C19H15BrN2O/c1-2-8-22-12-15(11-21)18-10-17(6-7-19(18)22)23-13-14-4-3-5-16(20)9-14/h1,3-7,9-12,21H,8,13H2. The topological polar surface area (TPSA) is 38.0 Å². The van der Waals surface area contributed by atoms with E-state index in [1.165, 1.54) is 6.21 Å². The van der Waals surface area contributed by atoms with Crippen LogP contribution in [0.2, 0.25) is 0 Å². The second kappa shape index (κ2) is 6.72. The summed E-state index contributed by atoms with van der Waals surface area (Å²) < 4.78 is 8.88. The molecule has 1 heterocycles. The van der Waals surface area contributed by atoms with Crippen LogP contribution in [0.3, 0.4) is 0 Å². The third-order valence-corrected chi connectivity index (χ3v) is 4.09. The first-order valence-corrected chi connectivity index (χ1v) is 7.94. The van der Waals surface area contributed by atoms with E-state index in [4.69, 9.17) is 16.6 Å². The Labute approximate surface area is 143 Å². The van der Waals surface area contributed by atoms with Crippen LogP contribution in [0.15, 0.2) is 53.1 Å². The molecule has 2 aromatic carbocycles. The number of hydrogen-bond donors (Lipinski definition) is 1. The molecule has 4 heteroatoms. The molecular formula is C19H15BrN2O. The van der Waals surface area contributed by atoms with E-state index < -0.39 is 0 Å². The van der Waals surface area contributed by atoms with Crippen LogP contribution in [0, 0.1) is 17.8 Å². The Morgan fingerprint density at radius 3 is 2.87 bits per heavy atom. The maximum Gasteiger partial charge on any atom is 0.120 e. The lowest BCUT2D eigenvalue weighted by Gasteiger charge is -2.08. The molecule has 0 bridgehead atoms. The lowest BCUT2D eigenvalue weighted by molar-refractivity contribution is 0.306. The number of nitrogens with zero attached hydrogens (tertiary/aromatic N) is 1. The minimum Gasteiger partial charge on any atom is -0.489 e. The molecule has 1 aromatic heterocycles. The van der Waals surface area contributed by atoms with Crippen molar-refractivity contribution >= 4 is 33.0 Å². The van der Waals surface area contributed by atoms with Gasteiger partial charge in [0.1, 0.15) is 12.4 Å². The first-order chi connectivity index (χ1) is 11.2. The molecule has 1 N–H and O–H groups in total. The van der Waals surface area contributed by atoms with Crippen LogP contribution < -0.4 is 4.74 Å². The Morgan fingerprint density at radius 2 is 2.13 bits per heavy atom. The molecule has 0 unspecified atom stereocenters. The average molecular weight is 367 g/mol. The van der Waals surface area contributed by atoms with Gasteiger partial charge in [0, 0.05) is 33.4 Å². The zero-order valence-corrected chi connectivity index (χ0v) is 14.0. The van der Waals surface area contributed by atoms with Crippen LogP contribution in [-0.2, 0) is 13.2 Å². The van der Waals surface area contributed by atoms with Crippen molar-refractivity contribution in [2.75, 3.05) is 0 Å². The van der Waals surface area contributed by atoms with E-state index in [0.29, 0.717) is 13.2 Å². The van der Waals surface area contributed by atoms with Crippen LogP contribution in [-0.4, -0.2) is 10.8 Å². The van der Waals surface area contributed by atoms with Gasteiger partial charge in [0.2, 0.25) is 0 Å². The van der Waals surface area contributed by atoms with Crippen molar-refractivity contribution in [2.24, 2.45) is 0 Å². The Morgan fingerprint density at radius 1 is 1.26 bits per heavy atom. The summed E-state index contributed by atoms with van der Waals surface area (Å²) in [6, 6.07) is 13.9. The van der Waals surface area contributed by atoms with E-state index in [2.05, 4.69) is 21.9 Å². The quantitative estimate of drug-likeness (QED) is 0.519. The molecule has 0 saturated carbocycles. The van der Waals surface area contributed by atoms with E-state index in [-0.39, 0.29) is 0 Å². The lowest BCUT2D eigenvalue weighted by atomic mass is 10.2. The van der Waals surface area contributed by atoms with Gasteiger partial charge in [0.05, 0.1) is 6.54 Å². The molecule has 0 radical (unpaired) electrons. The molecule has 0 amide bonds. The predicted molar refractivity (Wildman–Crippen MR) is 97.1 cm³/mol. The normalized spacial score (nSPS) is 10.4. The lowest BCUT2D eigenvalue weighted by Crippen LogP contribution is -1.96. The molecule has 114 valence electrons. The minimum absolute atomic E-state index is 0.489. The number of hydrogen-bond acceptors (Lipinski definition) is 2. The van der Waals surface area contributed by atoms with Crippen LogP contribution in [0.4, 0.5) is 0 Å². The highest BCUT2D eigenvalue weighted by Gasteiger charge is 2.08. The number of aromatic nitrogens is 1. The minimum atomic E-state index is 0.489. The van der Waals surface area contributed by atoms with Crippen LogP contribution in [0.5, 0.6) is 5.75 Å². The van der Waals surface area contributed by atoms with Crippen molar-refractivity contribution < 1.29 is 4.74 Å². The highest BCUT2D eigenvalue weighted by molar-refractivity contribution is 9.10.